The van der Waals surface area contributed by atoms with Gasteiger partial charge in [0.25, 0.3) is 0 Å². The molecule has 224 valence electrons. The average Bonchev–Trinajstić information content (AvgIpc) is 2.89. The molecular weight excluding hydrogens is 523 g/mol. The van der Waals surface area contributed by atoms with Crippen molar-refractivity contribution >= 4 is 17.6 Å². The van der Waals surface area contributed by atoms with Gasteiger partial charge in [0.15, 0.2) is 0 Å². The highest BCUT2D eigenvalue weighted by atomic mass is 19.3. The van der Waals surface area contributed by atoms with Crippen LogP contribution in [-0.2, 0) is 9.53 Å². The number of ether oxygens (including phenoxy) is 1. The fraction of sp³-hybridized carbons (Fsp3) is 0.733. The number of hydrogen-bond acceptors (Lipinski definition) is 4. The van der Waals surface area contributed by atoms with Crippen LogP contribution in [0.5, 0.6) is 0 Å². The van der Waals surface area contributed by atoms with Crippen molar-refractivity contribution in [1.29, 1.82) is 0 Å². The summed E-state index contributed by atoms with van der Waals surface area (Å²) in [6.07, 6.45) is 2.06. The Morgan fingerprint density at radius 1 is 1.12 bits per heavy atom. The van der Waals surface area contributed by atoms with E-state index < -0.39 is 23.3 Å². The van der Waals surface area contributed by atoms with E-state index in [0.29, 0.717) is 64.2 Å². The number of carbonyl (C=O) groups excluding carboxylic acids is 2. The zero-order chi connectivity index (χ0) is 28.9. The van der Waals surface area contributed by atoms with Crippen molar-refractivity contribution in [3.05, 3.63) is 30.1 Å². The van der Waals surface area contributed by atoms with Crippen LogP contribution in [0.15, 0.2) is 24.3 Å². The van der Waals surface area contributed by atoms with Crippen molar-refractivity contribution in [3.63, 3.8) is 0 Å². The number of halogens is 3. The molecule has 1 aromatic carbocycles. The number of urea groups is 1. The minimum absolute atomic E-state index is 0.0185. The smallest absolute Gasteiger partial charge is 0.321 e. The van der Waals surface area contributed by atoms with Gasteiger partial charge in [-0.25, -0.2) is 18.0 Å². The highest BCUT2D eigenvalue weighted by molar-refractivity contribution is 5.89. The van der Waals surface area contributed by atoms with Gasteiger partial charge in [0.1, 0.15) is 5.82 Å². The second kappa shape index (κ2) is 13.1. The van der Waals surface area contributed by atoms with Crippen molar-refractivity contribution in [2.45, 2.75) is 77.2 Å². The number of aliphatic hydroxyl groups excluding tert-OH is 1. The van der Waals surface area contributed by atoms with E-state index >= 15 is 0 Å². The van der Waals surface area contributed by atoms with Crippen LogP contribution in [-0.4, -0.2) is 78.3 Å². The van der Waals surface area contributed by atoms with Crippen LogP contribution in [0.2, 0.25) is 0 Å². The summed E-state index contributed by atoms with van der Waals surface area (Å²) in [5.41, 5.74) is -0.187. The van der Waals surface area contributed by atoms with Gasteiger partial charge in [0.2, 0.25) is 11.8 Å². The van der Waals surface area contributed by atoms with Gasteiger partial charge in [0, 0.05) is 63.2 Å². The van der Waals surface area contributed by atoms with Crippen molar-refractivity contribution in [3.8, 4) is 0 Å². The van der Waals surface area contributed by atoms with E-state index in [-0.39, 0.29) is 49.1 Å². The van der Waals surface area contributed by atoms with Crippen LogP contribution in [0, 0.1) is 29.0 Å². The summed E-state index contributed by atoms with van der Waals surface area (Å²) >= 11 is 0. The van der Waals surface area contributed by atoms with E-state index in [0.717, 1.165) is 12.8 Å². The monoisotopic (exact) mass is 567 g/mol. The van der Waals surface area contributed by atoms with E-state index in [1.54, 1.807) is 21.9 Å². The van der Waals surface area contributed by atoms with Crippen LogP contribution >= 0.6 is 0 Å². The van der Waals surface area contributed by atoms with Crippen LogP contribution in [0.25, 0.3) is 0 Å². The minimum atomic E-state index is -2.64. The zero-order valence-electron chi connectivity index (χ0n) is 23.7. The summed E-state index contributed by atoms with van der Waals surface area (Å²) in [5, 5.41) is 13.9. The Hall–Kier alpha value is -2.33. The van der Waals surface area contributed by atoms with Crippen molar-refractivity contribution < 1.29 is 32.6 Å². The van der Waals surface area contributed by atoms with Crippen LogP contribution < -0.4 is 5.32 Å². The lowest BCUT2D eigenvalue weighted by atomic mass is 9.80. The molecule has 2 N–H and O–H groups in total. The van der Waals surface area contributed by atoms with E-state index in [4.69, 9.17) is 4.74 Å². The lowest BCUT2D eigenvalue weighted by Crippen LogP contribution is -2.49. The molecule has 3 atom stereocenters. The predicted molar refractivity (Wildman–Crippen MR) is 147 cm³/mol. The lowest BCUT2D eigenvalue weighted by molar-refractivity contribution is -0.137. The molecule has 4 rings (SSSR count). The molecule has 1 aliphatic carbocycles. The van der Waals surface area contributed by atoms with Gasteiger partial charge in [0.05, 0.1) is 12.7 Å². The maximum Gasteiger partial charge on any atom is 0.321 e. The van der Waals surface area contributed by atoms with Gasteiger partial charge in [-0.15, -0.1) is 0 Å². The summed E-state index contributed by atoms with van der Waals surface area (Å²) in [5.74, 6) is -3.02. The fourth-order valence-electron chi connectivity index (χ4n) is 6.19. The summed E-state index contributed by atoms with van der Waals surface area (Å²) in [6, 6.07) is 5.48. The van der Waals surface area contributed by atoms with Crippen LogP contribution in [0.3, 0.4) is 0 Å². The number of nitrogens with one attached hydrogen (secondary N) is 1. The number of nitrogens with zero attached hydrogens (tertiary/aromatic N) is 2. The number of aliphatic hydroxyl groups is 1. The number of carbonyl (C=O) groups is 2. The van der Waals surface area contributed by atoms with Gasteiger partial charge in [-0.2, -0.15) is 0 Å². The van der Waals surface area contributed by atoms with Crippen molar-refractivity contribution in [2.75, 3.05) is 44.7 Å². The maximum absolute atomic E-state index is 13.8. The van der Waals surface area contributed by atoms with Gasteiger partial charge < -0.3 is 25.0 Å². The van der Waals surface area contributed by atoms with Crippen molar-refractivity contribution in [2.24, 2.45) is 23.2 Å². The van der Waals surface area contributed by atoms with Gasteiger partial charge >= 0.3 is 6.03 Å². The summed E-state index contributed by atoms with van der Waals surface area (Å²) < 4.78 is 47.1. The molecule has 3 aliphatic rings. The van der Waals surface area contributed by atoms with E-state index in [9.17, 15) is 27.9 Å². The third kappa shape index (κ3) is 8.35. The SMILES string of the molecule is CC1(C)COCCC[C@H]2CN(C(=O)Nc3cccc(F)c3)CC[C@H]2CC(=O)N(CC2CCC(F)(F)CC2)C[C@@H]1O. The van der Waals surface area contributed by atoms with Gasteiger partial charge in [-0.1, -0.05) is 19.9 Å². The summed E-state index contributed by atoms with van der Waals surface area (Å²) in [4.78, 5) is 30.1. The van der Waals surface area contributed by atoms with E-state index in [1.807, 2.05) is 13.8 Å². The number of fused-ring (bicyclic) bond motifs is 1. The predicted octanol–water partition coefficient (Wildman–Crippen LogP) is 5.54. The molecule has 2 saturated heterocycles. The molecule has 10 heteroatoms. The normalized spacial score (nSPS) is 28.6. The van der Waals surface area contributed by atoms with E-state index in [2.05, 4.69) is 5.32 Å². The second-order valence-electron chi connectivity index (χ2n) is 12.7. The molecule has 3 amide bonds. The third-order valence-electron chi connectivity index (χ3n) is 8.99. The number of benzene rings is 1. The maximum atomic E-state index is 13.8. The molecule has 0 unspecified atom stereocenters. The average molecular weight is 568 g/mol. The Morgan fingerprint density at radius 3 is 2.60 bits per heavy atom. The number of hydrogen-bond donors (Lipinski definition) is 2. The Labute approximate surface area is 235 Å². The molecule has 3 fully saturated rings. The fourth-order valence-corrected chi connectivity index (χ4v) is 6.19. The highest BCUT2D eigenvalue weighted by Gasteiger charge is 2.39. The lowest BCUT2D eigenvalue weighted by Gasteiger charge is -2.40. The first-order valence-corrected chi connectivity index (χ1v) is 14.6. The van der Waals surface area contributed by atoms with E-state index in [1.165, 1.54) is 12.1 Å². The number of β-amino-alcohol motifs (C(OH)–C–C–N with tert-alkyl or cyclic N) is 1. The Kier molecular flexibility index (Phi) is 10.0. The number of likely N-dealkylation sites (tertiary alicyclic amines) is 1. The molecular formula is C30H44F3N3O4. The number of piperidine rings is 1. The molecule has 1 saturated carbocycles. The number of amides is 3. The number of anilines is 1. The molecule has 40 heavy (non-hydrogen) atoms. The first-order valence-electron chi connectivity index (χ1n) is 14.6. The quantitative estimate of drug-likeness (QED) is 0.503. The molecule has 1 aromatic rings. The first kappa shape index (κ1) is 30.6. The minimum Gasteiger partial charge on any atom is -0.391 e. The summed E-state index contributed by atoms with van der Waals surface area (Å²) in [6.45, 7) is 6.13. The Balaban J connectivity index is 1.45. The topological polar surface area (TPSA) is 82.1 Å². The molecule has 0 aromatic heterocycles. The largest absolute Gasteiger partial charge is 0.391 e. The van der Waals surface area contributed by atoms with Gasteiger partial charge in [-0.3, -0.25) is 4.79 Å². The van der Waals surface area contributed by atoms with Gasteiger partial charge in [-0.05, 0) is 68.1 Å². The zero-order valence-corrected chi connectivity index (χ0v) is 23.7. The van der Waals surface area contributed by atoms with Crippen LogP contribution in [0.1, 0.15) is 65.2 Å². The molecule has 2 heterocycles. The Bertz CT molecular complexity index is 1010. The van der Waals surface area contributed by atoms with Crippen LogP contribution in [0.4, 0.5) is 23.7 Å². The third-order valence-corrected chi connectivity index (χ3v) is 8.99. The van der Waals surface area contributed by atoms with Crippen molar-refractivity contribution in [1.82, 2.24) is 9.80 Å². The number of rotatable bonds is 3. The molecule has 0 spiro atoms. The standard InChI is InChI=1S/C30H44F3N3O4/c1-29(2)20-40-14-4-5-23-18-35(28(39)34-25-7-3-6-24(31)16-25)13-10-22(23)15-27(38)36(19-26(29)37)17-21-8-11-30(32,33)12-9-21/h3,6-7,16,21-23,26,37H,4-5,8-15,17-20H2,1-2H3,(H,34,39)/t22-,23-,26-/m0/s1. The number of alkyl halides is 2. The molecule has 7 nitrogen and oxygen atoms in total. The second-order valence-corrected chi connectivity index (χ2v) is 12.7. The Morgan fingerprint density at radius 2 is 1.88 bits per heavy atom. The first-order chi connectivity index (χ1) is 18.9. The summed E-state index contributed by atoms with van der Waals surface area (Å²) in [7, 11) is 0. The highest BCUT2D eigenvalue weighted by Crippen LogP contribution is 2.37. The molecule has 2 aliphatic heterocycles. The molecule has 0 bridgehead atoms. The molecule has 0 radical (unpaired) electrons.